The van der Waals surface area contributed by atoms with Crippen molar-refractivity contribution in [2.75, 3.05) is 23.4 Å². The number of nitrogens with one attached hydrogen (secondary N) is 1. The molecule has 3 nitrogen and oxygen atoms in total. The highest BCUT2D eigenvalue weighted by Crippen LogP contribution is 2.25. The van der Waals surface area contributed by atoms with Crippen LogP contribution < -0.4 is 5.32 Å². The minimum Gasteiger partial charge on any atom is -0.383 e. The molecule has 1 N–H and O–H groups in total. The second-order valence-corrected chi connectivity index (χ2v) is 4.96. The molecule has 1 heterocycles. The maximum absolute atomic E-state index is 9.16. The average molecular weight is 267 g/mol. The second kappa shape index (κ2) is 6.68. The largest absolute Gasteiger partial charge is 0.383 e. The van der Waals surface area contributed by atoms with Crippen molar-refractivity contribution in [3.63, 3.8) is 0 Å². The van der Waals surface area contributed by atoms with Gasteiger partial charge in [0.1, 0.15) is 6.07 Å². The van der Waals surface area contributed by atoms with E-state index in [0.717, 1.165) is 28.9 Å². The number of nitrogens with zero attached hydrogens (tertiary/aromatic N) is 2. The first-order valence-electron chi connectivity index (χ1n) is 5.89. The van der Waals surface area contributed by atoms with Gasteiger partial charge in [-0.3, -0.25) is 4.98 Å². The van der Waals surface area contributed by atoms with E-state index < -0.39 is 0 Å². The number of para-hydroxylation sites is 1. The van der Waals surface area contributed by atoms with E-state index in [1.54, 1.807) is 18.0 Å². The third-order valence-corrected chi connectivity index (χ3v) is 3.49. The predicted octanol–water partition coefficient (Wildman–Crippen LogP) is 2.88. The quantitative estimate of drug-likeness (QED) is 0.668. The molecule has 0 spiro atoms. The summed E-state index contributed by atoms with van der Waals surface area (Å²) >= 11 is 1.69. The molecule has 94 valence electrons. The van der Waals surface area contributed by atoms with E-state index in [1.807, 2.05) is 24.3 Å². The standard InChI is InChI=1S/C15H13N3S/c1-2-8-19-9-7-17-15-12(10-16)11-18-14-6-4-3-5-13(14)15/h1,3-6,11H,7-9H2,(H,17,18). The molecule has 1 aromatic carbocycles. The molecule has 0 atom stereocenters. The Kier molecular flexibility index (Phi) is 4.66. The molecule has 0 aliphatic heterocycles. The van der Waals surface area contributed by atoms with Gasteiger partial charge < -0.3 is 5.32 Å². The molecule has 2 aromatic rings. The summed E-state index contributed by atoms with van der Waals surface area (Å²) in [6, 6.07) is 9.97. The molecule has 0 aliphatic rings. The van der Waals surface area contributed by atoms with E-state index in [1.165, 1.54) is 0 Å². The van der Waals surface area contributed by atoms with Gasteiger partial charge in [0, 0.05) is 23.9 Å². The van der Waals surface area contributed by atoms with Gasteiger partial charge in [0.2, 0.25) is 0 Å². The van der Waals surface area contributed by atoms with Gasteiger partial charge in [-0.1, -0.05) is 24.1 Å². The second-order valence-electron chi connectivity index (χ2n) is 3.86. The maximum atomic E-state index is 9.16. The summed E-state index contributed by atoms with van der Waals surface area (Å²) in [6.07, 6.45) is 6.81. The number of pyridine rings is 1. The zero-order chi connectivity index (χ0) is 13.5. The lowest BCUT2D eigenvalue weighted by molar-refractivity contribution is 1.22. The highest BCUT2D eigenvalue weighted by Gasteiger charge is 2.07. The van der Waals surface area contributed by atoms with E-state index in [9.17, 15) is 0 Å². The zero-order valence-electron chi connectivity index (χ0n) is 10.4. The lowest BCUT2D eigenvalue weighted by Gasteiger charge is -2.10. The summed E-state index contributed by atoms with van der Waals surface area (Å²) in [4.78, 5) is 4.28. The topological polar surface area (TPSA) is 48.7 Å². The molecule has 0 fully saturated rings. The van der Waals surface area contributed by atoms with Crippen LogP contribution in [0.25, 0.3) is 10.9 Å². The smallest absolute Gasteiger partial charge is 0.103 e. The van der Waals surface area contributed by atoms with Gasteiger partial charge >= 0.3 is 0 Å². The fourth-order valence-electron chi connectivity index (χ4n) is 1.80. The van der Waals surface area contributed by atoms with Crippen LogP contribution in [0.4, 0.5) is 5.69 Å². The van der Waals surface area contributed by atoms with Crippen molar-refractivity contribution in [3.8, 4) is 18.4 Å². The van der Waals surface area contributed by atoms with Gasteiger partial charge in [-0.05, 0) is 6.07 Å². The Morgan fingerprint density at radius 3 is 3.00 bits per heavy atom. The number of nitriles is 1. The highest BCUT2D eigenvalue weighted by molar-refractivity contribution is 7.99. The zero-order valence-corrected chi connectivity index (χ0v) is 11.2. The summed E-state index contributed by atoms with van der Waals surface area (Å²) < 4.78 is 0. The van der Waals surface area contributed by atoms with Crippen LogP contribution in [-0.2, 0) is 0 Å². The van der Waals surface area contributed by atoms with Crippen molar-refractivity contribution < 1.29 is 0 Å². The Bertz CT molecular complexity index is 652. The molecule has 19 heavy (non-hydrogen) atoms. The molecule has 2 rings (SSSR count). The summed E-state index contributed by atoms with van der Waals surface area (Å²) in [5, 5.41) is 13.4. The molecule has 0 radical (unpaired) electrons. The van der Waals surface area contributed by atoms with Crippen LogP contribution in [0, 0.1) is 23.7 Å². The number of aromatic nitrogens is 1. The number of hydrogen-bond acceptors (Lipinski definition) is 4. The minimum absolute atomic E-state index is 0.570. The molecule has 0 amide bonds. The van der Waals surface area contributed by atoms with Crippen LogP contribution in [-0.4, -0.2) is 23.0 Å². The molecule has 0 saturated carbocycles. The fourth-order valence-corrected chi connectivity index (χ4v) is 2.30. The van der Waals surface area contributed by atoms with E-state index in [-0.39, 0.29) is 0 Å². The van der Waals surface area contributed by atoms with Gasteiger partial charge in [-0.2, -0.15) is 5.26 Å². The molecule has 0 bridgehead atoms. The number of fused-ring (bicyclic) bond motifs is 1. The van der Waals surface area contributed by atoms with Crippen LogP contribution >= 0.6 is 11.8 Å². The SMILES string of the molecule is C#CCSCCNc1c(C#N)cnc2ccccc12. The van der Waals surface area contributed by atoms with Crippen molar-refractivity contribution in [2.24, 2.45) is 0 Å². The molecule has 0 unspecified atom stereocenters. The Morgan fingerprint density at radius 1 is 1.37 bits per heavy atom. The van der Waals surface area contributed by atoms with Crippen molar-refractivity contribution in [1.82, 2.24) is 4.98 Å². The Hall–Kier alpha value is -2.17. The Labute approximate surface area is 117 Å². The van der Waals surface area contributed by atoms with Crippen molar-refractivity contribution in [3.05, 3.63) is 36.0 Å². The monoisotopic (exact) mass is 267 g/mol. The number of hydrogen-bond donors (Lipinski definition) is 1. The highest BCUT2D eigenvalue weighted by atomic mass is 32.2. The third kappa shape index (κ3) is 3.19. The third-order valence-electron chi connectivity index (χ3n) is 2.63. The summed E-state index contributed by atoms with van der Waals surface area (Å²) in [5.41, 5.74) is 2.32. The van der Waals surface area contributed by atoms with Gasteiger partial charge in [-0.15, -0.1) is 18.2 Å². The number of terminal acetylenes is 1. The lowest BCUT2D eigenvalue weighted by Crippen LogP contribution is -2.07. The molecule has 4 heteroatoms. The Morgan fingerprint density at radius 2 is 2.21 bits per heavy atom. The van der Waals surface area contributed by atoms with E-state index in [2.05, 4.69) is 22.3 Å². The van der Waals surface area contributed by atoms with Crippen molar-refractivity contribution >= 4 is 28.4 Å². The molecule has 1 aromatic heterocycles. The van der Waals surface area contributed by atoms with Gasteiger partial charge in [-0.25, -0.2) is 0 Å². The molecular formula is C15H13N3S. The van der Waals surface area contributed by atoms with Crippen molar-refractivity contribution in [1.29, 1.82) is 5.26 Å². The van der Waals surface area contributed by atoms with Crippen LogP contribution in [0.5, 0.6) is 0 Å². The first-order valence-corrected chi connectivity index (χ1v) is 7.05. The number of thioether (sulfide) groups is 1. The fraction of sp³-hybridized carbons (Fsp3) is 0.200. The lowest BCUT2D eigenvalue weighted by atomic mass is 10.1. The van der Waals surface area contributed by atoms with Crippen LogP contribution in [0.1, 0.15) is 5.56 Å². The maximum Gasteiger partial charge on any atom is 0.103 e. The van der Waals surface area contributed by atoms with Crippen molar-refractivity contribution in [2.45, 2.75) is 0 Å². The molecular weight excluding hydrogens is 254 g/mol. The normalized spacial score (nSPS) is 9.79. The number of rotatable bonds is 5. The summed E-state index contributed by atoms with van der Waals surface area (Å²) in [7, 11) is 0. The van der Waals surface area contributed by atoms with Crippen LogP contribution in [0.15, 0.2) is 30.5 Å². The van der Waals surface area contributed by atoms with E-state index >= 15 is 0 Å². The predicted molar refractivity (Wildman–Crippen MR) is 81.1 cm³/mol. The van der Waals surface area contributed by atoms with Crippen LogP contribution in [0.2, 0.25) is 0 Å². The summed E-state index contributed by atoms with van der Waals surface area (Å²) in [5.74, 6) is 4.21. The number of anilines is 1. The van der Waals surface area contributed by atoms with Gasteiger partial charge in [0.15, 0.2) is 0 Å². The van der Waals surface area contributed by atoms with Gasteiger partial charge in [0.05, 0.1) is 22.5 Å². The first kappa shape index (κ1) is 13.3. The average Bonchev–Trinajstić information content (AvgIpc) is 2.47. The van der Waals surface area contributed by atoms with E-state index in [4.69, 9.17) is 11.7 Å². The van der Waals surface area contributed by atoms with Crippen LogP contribution in [0.3, 0.4) is 0 Å². The van der Waals surface area contributed by atoms with Gasteiger partial charge in [0.25, 0.3) is 0 Å². The Balaban J connectivity index is 2.20. The molecule has 0 aliphatic carbocycles. The van der Waals surface area contributed by atoms with E-state index in [0.29, 0.717) is 11.3 Å². The molecule has 0 saturated heterocycles. The summed E-state index contributed by atoms with van der Waals surface area (Å²) in [6.45, 7) is 0.773. The first-order chi connectivity index (χ1) is 9.36. The minimum atomic E-state index is 0.570. The number of benzene rings is 1.